The van der Waals surface area contributed by atoms with Gasteiger partial charge in [-0.3, -0.25) is 0 Å². The summed E-state index contributed by atoms with van der Waals surface area (Å²) in [5.41, 5.74) is 0.141. The van der Waals surface area contributed by atoms with Crippen LogP contribution < -0.4 is 10.1 Å². The van der Waals surface area contributed by atoms with Crippen LogP contribution in [-0.2, 0) is 0 Å². The lowest BCUT2D eigenvalue weighted by Crippen LogP contribution is -2.34. The van der Waals surface area contributed by atoms with Crippen LogP contribution in [0, 0.1) is 5.41 Å². The van der Waals surface area contributed by atoms with Crippen molar-refractivity contribution in [2.24, 2.45) is 5.41 Å². The van der Waals surface area contributed by atoms with Crippen molar-refractivity contribution in [1.29, 1.82) is 0 Å². The molecule has 0 amide bonds. The van der Waals surface area contributed by atoms with Gasteiger partial charge in [-0.15, -0.1) is 0 Å². The summed E-state index contributed by atoms with van der Waals surface area (Å²) in [6.45, 7) is 9.25. The van der Waals surface area contributed by atoms with Crippen molar-refractivity contribution < 1.29 is 4.74 Å². The maximum absolute atomic E-state index is 5.94. The highest BCUT2D eigenvalue weighted by Crippen LogP contribution is 2.23. The molecule has 102 valence electrons. The fourth-order valence-corrected chi connectivity index (χ4v) is 2.05. The highest BCUT2D eigenvalue weighted by Gasteiger charge is 2.18. The summed E-state index contributed by atoms with van der Waals surface area (Å²) < 4.78 is 5.94. The molecule has 0 heterocycles. The lowest BCUT2D eigenvalue weighted by atomic mass is 9.95. The number of fused-ring (bicyclic) bond motifs is 1. The van der Waals surface area contributed by atoms with Gasteiger partial charge in [-0.05, 0) is 29.4 Å². The Bertz CT molecular complexity index is 534. The first-order valence-electron chi connectivity index (χ1n) is 6.93. The van der Waals surface area contributed by atoms with Crippen molar-refractivity contribution in [3.8, 4) is 5.75 Å². The Labute approximate surface area is 115 Å². The molecule has 0 aliphatic rings. The van der Waals surface area contributed by atoms with E-state index in [0.717, 1.165) is 25.4 Å². The van der Waals surface area contributed by atoms with Gasteiger partial charge >= 0.3 is 0 Å². The number of rotatable bonds is 6. The normalized spacial score (nSPS) is 11.7. The van der Waals surface area contributed by atoms with Crippen LogP contribution in [0.1, 0.15) is 20.8 Å². The van der Waals surface area contributed by atoms with E-state index in [1.807, 2.05) is 6.07 Å². The van der Waals surface area contributed by atoms with Gasteiger partial charge in [0.25, 0.3) is 0 Å². The minimum absolute atomic E-state index is 0.141. The van der Waals surface area contributed by atoms with Gasteiger partial charge in [-0.25, -0.2) is 0 Å². The van der Waals surface area contributed by atoms with Crippen LogP contribution in [0.5, 0.6) is 5.75 Å². The van der Waals surface area contributed by atoms with Crippen LogP contribution in [0.2, 0.25) is 0 Å². The monoisotopic (exact) mass is 257 g/mol. The fraction of sp³-hybridized carbons (Fsp3) is 0.412. The first-order valence-corrected chi connectivity index (χ1v) is 6.93. The van der Waals surface area contributed by atoms with Crippen molar-refractivity contribution in [3.63, 3.8) is 0 Å². The second-order valence-corrected chi connectivity index (χ2v) is 5.74. The molecule has 2 aromatic carbocycles. The van der Waals surface area contributed by atoms with Crippen LogP contribution in [0.3, 0.4) is 0 Å². The topological polar surface area (TPSA) is 21.3 Å². The van der Waals surface area contributed by atoms with E-state index in [1.165, 1.54) is 10.8 Å². The molecule has 0 unspecified atom stereocenters. The zero-order chi connectivity index (χ0) is 13.7. The molecule has 0 aromatic heterocycles. The average molecular weight is 257 g/mol. The molecule has 2 aromatic rings. The Morgan fingerprint density at radius 3 is 2.53 bits per heavy atom. The van der Waals surface area contributed by atoms with E-state index in [4.69, 9.17) is 4.74 Å². The standard InChI is InChI=1S/C17H23NO/c1-4-18-12-17(2,3)13-19-16-10-9-14-7-5-6-8-15(14)11-16/h5-11,18H,4,12-13H2,1-3H3. The lowest BCUT2D eigenvalue weighted by Gasteiger charge is -2.25. The van der Waals surface area contributed by atoms with E-state index in [9.17, 15) is 0 Å². The number of hydrogen-bond donors (Lipinski definition) is 1. The van der Waals surface area contributed by atoms with Crippen molar-refractivity contribution in [2.75, 3.05) is 19.7 Å². The molecule has 0 spiro atoms. The smallest absolute Gasteiger partial charge is 0.119 e. The highest BCUT2D eigenvalue weighted by molar-refractivity contribution is 5.83. The van der Waals surface area contributed by atoms with Gasteiger partial charge in [-0.1, -0.05) is 51.1 Å². The summed E-state index contributed by atoms with van der Waals surface area (Å²) in [6.07, 6.45) is 0. The van der Waals surface area contributed by atoms with E-state index in [1.54, 1.807) is 0 Å². The minimum atomic E-state index is 0.141. The third-order valence-electron chi connectivity index (χ3n) is 3.20. The summed E-state index contributed by atoms with van der Waals surface area (Å²) in [7, 11) is 0. The number of benzene rings is 2. The van der Waals surface area contributed by atoms with E-state index >= 15 is 0 Å². The average Bonchev–Trinajstić information content (AvgIpc) is 2.43. The Morgan fingerprint density at radius 1 is 1.05 bits per heavy atom. The summed E-state index contributed by atoms with van der Waals surface area (Å²) in [6, 6.07) is 14.6. The molecule has 0 fully saturated rings. The number of hydrogen-bond acceptors (Lipinski definition) is 2. The predicted molar refractivity (Wildman–Crippen MR) is 81.8 cm³/mol. The third-order valence-corrected chi connectivity index (χ3v) is 3.20. The molecule has 0 aliphatic carbocycles. The van der Waals surface area contributed by atoms with Gasteiger partial charge in [-0.2, -0.15) is 0 Å². The van der Waals surface area contributed by atoms with E-state index in [0.29, 0.717) is 0 Å². The van der Waals surface area contributed by atoms with Crippen LogP contribution in [-0.4, -0.2) is 19.7 Å². The van der Waals surface area contributed by atoms with Crippen molar-refractivity contribution in [1.82, 2.24) is 5.32 Å². The van der Waals surface area contributed by atoms with Crippen LogP contribution in [0.15, 0.2) is 42.5 Å². The number of ether oxygens (including phenoxy) is 1. The quantitative estimate of drug-likeness (QED) is 0.848. The van der Waals surface area contributed by atoms with Crippen LogP contribution in [0.4, 0.5) is 0 Å². The fourth-order valence-electron chi connectivity index (χ4n) is 2.05. The summed E-state index contributed by atoms with van der Waals surface area (Å²) in [5, 5.41) is 5.85. The molecule has 2 nitrogen and oxygen atoms in total. The molecule has 0 aliphatic heterocycles. The van der Waals surface area contributed by atoms with Gasteiger partial charge in [0.1, 0.15) is 5.75 Å². The Hall–Kier alpha value is -1.54. The Kier molecular flexibility index (Phi) is 4.43. The SMILES string of the molecule is CCNCC(C)(C)COc1ccc2ccccc2c1. The lowest BCUT2D eigenvalue weighted by molar-refractivity contribution is 0.177. The van der Waals surface area contributed by atoms with Crippen LogP contribution in [0.25, 0.3) is 10.8 Å². The molecule has 0 saturated heterocycles. The molecule has 0 saturated carbocycles. The van der Waals surface area contributed by atoms with Gasteiger partial charge in [0.05, 0.1) is 6.61 Å². The molecule has 0 bridgehead atoms. The van der Waals surface area contributed by atoms with Crippen LogP contribution >= 0.6 is 0 Å². The first-order chi connectivity index (χ1) is 9.11. The van der Waals surface area contributed by atoms with Gasteiger partial charge < -0.3 is 10.1 Å². The molecule has 2 heteroatoms. The van der Waals surface area contributed by atoms with Gasteiger partial charge in [0.15, 0.2) is 0 Å². The van der Waals surface area contributed by atoms with Gasteiger partial charge in [0, 0.05) is 12.0 Å². The van der Waals surface area contributed by atoms with Crippen molar-refractivity contribution in [2.45, 2.75) is 20.8 Å². The maximum atomic E-state index is 5.94. The third kappa shape index (κ3) is 3.97. The molecular formula is C17H23NO. The van der Waals surface area contributed by atoms with Gasteiger partial charge in [0.2, 0.25) is 0 Å². The zero-order valence-electron chi connectivity index (χ0n) is 12.1. The Balaban J connectivity index is 2.01. The van der Waals surface area contributed by atoms with E-state index < -0.39 is 0 Å². The molecule has 2 rings (SSSR count). The molecule has 0 atom stereocenters. The van der Waals surface area contributed by atoms with E-state index in [2.05, 4.69) is 62.5 Å². The molecule has 1 N–H and O–H groups in total. The Morgan fingerprint density at radius 2 is 1.79 bits per heavy atom. The summed E-state index contributed by atoms with van der Waals surface area (Å²) in [5.74, 6) is 0.947. The zero-order valence-corrected chi connectivity index (χ0v) is 12.1. The summed E-state index contributed by atoms with van der Waals surface area (Å²) >= 11 is 0. The van der Waals surface area contributed by atoms with E-state index in [-0.39, 0.29) is 5.41 Å². The van der Waals surface area contributed by atoms with Crippen molar-refractivity contribution >= 4 is 10.8 Å². The number of nitrogens with one attached hydrogen (secondary N) is 1. The first kappa shape index (κ1) is 13.9. The second-order valence-electron chi connectivity index (χ2n) is 5.74. The molecular weight excluding hydrogens is 234 g/mol. The highest BCUT2D eigenvalue weighted by atomic mass is 16.5. The predicted octanol–water partition coefficient (Wildman–Crippen LogP) is 3.85. The van der Waals surface area contributed by atoms with Crippen molar-refractivity contribution in [3.05, 3.63) is 42.5 Å². The second kappa shape index (κ2) is 6.07. The maximum Gasteiger partial charge on any atom is 0.119 e. The minimum Gasteiger partial charge on any atom is -0.493 e. The molecule has 19 heavy (non-hydrogen) atoms. The molecule has 0 radical (unpaired) electrons. The summed E-state index contributed by atoms with van der Waals surface area (Å²) in [4.78, 5) is 0. The largest absolute Gasteiger partial charge is 0.493 e.